The summed E-state index contributed by atoms with van der Waals surface area (Å²) in [5.41, 5.74) is 1.09. The van der Waals surface area contributed by atoms with Crippen molar-refractivity contribution in [1.82, 2.24) is 0 Å². The van der Waals surface area contributed by atoms with Crippen LogP contribution in [-0.4, -0.2) is 34.5 Å². The summed E-state index contributed by atoms with van der Waals surface area (Å²) in [5.74, 6) is -0.586. The smallest absolute Gasteiger partial charge is 0.331 e. The van der Waals surface area contributed by atoms with Crippen molar-refractivity contribution >= 4 is 5.97 Å². The Morgan fingerprint density at radius 1 is 1.58 bits per heavy atom. The molecular formula is C15H22O4. The van der Waals surface area contributed by atoms with Crippen LogP contribution in [0.25, 0.3) is 0 Å². The first-order valence-electron chi connectivity index (χ1n) is 6.85. The molecule has 0 aromatic rings. The standard InChI is InChI=1S/C15H22O4/c1-10(2)11-3-4-12(14(17)18)5-6-13-15(9-16,19-13)8-7-11/h4,11,13,16H,1,3,5-9H2,2H3,(H,17,18)/t11-,13+,15-/m0/s1. The van der Waals surface area contributed by atoms with Gasteiger partial charge in [-0.25, -0.2) is 4.79 Å². The first-order valence-corrected chi connectivity index (χ1v) is 6.85. The fraction of sp³-hybridized carbons (Fsp3) is 0.667. The van der Waals surface area contributed by atoms with E-state index in [4.69, 9.17) is 4.74 Å². The number of epoxide rings is 1. The molecule has 1 aliphatic heterocycles. The van der Waals surface area contributed by atoms with Gasteiger partial charge >= 0.3 is 5.97 Å². The number of carboxylic acids is 1. The Morgan fingerprint density at radius 3 is 2.89 bits per heavy atom. The molecule has 4 nitrogen and oxygen atoms in total. The molecule has 0 unspecified atom stereocenters. The van der Waals surface area contributed by atoms with Gasteiger partial charge in [-0.2, -0.15) is 0 Å². The second-order valence-electron chi connectivity index (χ2n) is 5.72. The third-order valence-corrected chi connectivity index (χ3v) is 4.39. The van der Waals surface area contributed by atoms with Gasteiger partial charge in [0.25, 0.3) is 0 Å². The van der Waals surface area contributed by atoms with E-state index in [2.05, 4.69) is 6.58 Å². The minimum absolute atomic E-state index is 0.00382. The van der Waals surface area contributed by atoms with Crippen molar-refractivity contribution in [2.75, 3.05) is 6.61 Å². The summed E-state index contributed by atoms with van der Waals surface area (Å²) >= 11 is 0. The number of rotatable bonds is 3. The van der Waals surface area contributed by atoms with E-state index in [1.165, 1.54) is 0 Å². The molecule has 19 heavy (non-hydrogen) atoms. The van der Waals surface area contributed by atoms with Crippen LogP contribution in [0.5, 0.6) is 0 Å². The molecule has 0 aromatic carbocycles. The van der Waals surface area contributed by atoms with E-state index in [0.717, 1.165) is 18.4 Å². The van der Waals surface area contributed by atoms with Crippen LogP contribution in [0.4, 0.5) is 0 Å². The molecule has 1 fully saturated rings. The first kappa shape index (κ1) is 14.3. The number of aliphatic hydroxyl groups excluding tert-OH is 1. The topological polar surface area (TPSA) is 70.1 Å². The highest BCUT2D eigenvalue weighted by molar-refractivity contribution is 5.86. The first-order chi connectivity index (χ1) is 8.98. The Labute approximate surface area is 113 Å². The van der Waals surface area contributed by atoms with Crippen molar-refractivity contribution in [1.29, 1.82) is 0 Å². The maximum Gasteiger partial charge on any atom is 0.331 e. The van der Waals surface area contributed by atoms with E-state index >= 15 is 0 Å². The van der Waals surface area contributed by atoms with Crippen LogP contribution in [0.15, 0.2) is 23.8 Å². The lowest BCUT2D eigenvalue weighted by atomic mass is 9.85. The molecule has 0 spiro atoms. The number of aliphatic carboxylic acids is 1. The second-order valence-corrected chi connectivity index (χ2v) is 5.72. The van der Waals surface area contributed by atoms with Gasteiger partial charge in [-0.15, -0.1) is 0 Å². The van der Waals surface area contributed by atoms with E-state index in [1.54, 1.807) is 0 Å². The SMILES string of the molecule is C=C(C)[C@H]1CC=C(C(=O)O)CC[C@H]2O[C@]2(CO)CC1. The molecule has 0 saturated carbocycles. The van der Waals surface area contributed by atoms with Gasteiger partial charge in [0, 0.05) is 5.57 Å². The molecule has 0 radical (unpaired) electrons. The zero-order chi connectivity index (χ0) is 14.0. The van der Waals surface area contributed by atoms with E-state index in [1.807, 2.05) is 13.0 Å². The predicted molar refractivity (Wildman–Crippen MR) is 71.8 cm³/mol. The molecule has 2 aliphatic rings. The summed E-state index contributed by atoms with van der Waals surface area (Å²) in [6.07, 6.45) is 5.43. The molecule has 106 valence electrons. The molecule has 4 heteroatoms. The maximum atomic E-state index is 11.2. The monoisotopic (exact) mass is 266 g/mol. The molecular weight excluding hydrogens is 244 g/mol. The normalized spacial score (nSPS) is 34.9. The quantitative estimate of drug-likeness (QED) is 0.607. The average Bonchev–Trinajstić information content (AvgIpc) is 3.06. The number of allylic oxidation sites excluding steroid dienone is 2. The minimum Gasteiger partial charge on any atom is -0.478 e. The van der Waals surface area contributed by atoms with Crippen LogP contribution < -0.4 is 0 Å². The predicted octanol–water partition coefficient (Wildman–Crippen LogP) is 2.28. The number of ether oxygens (including phenoxy) is 1. The van der Waals surface area contributed by atoms with Crippen molar-refractivity contribution in [2.45, 2.75) is 50.7 Å². The van der Waals surface area contributed by atoms with E-state index < -0.39 is 11.6 Å². The molecule has 0 bridgehead atoms. The molecule has 1 saturated heterocycles. The van der Waals surface area contributed by atoms with Crippen molar-refractivity contribution in [3.8, 4) is 0 Å². The zero-order valence-corrected chi connectivity index (χ0v) is 11.4. The zero-order valence-electron chi connectivity index (χ0n) is 11.4. The highest BCUT2D eigenvalue weighted by Crippen LogP contribution is 2.45. The highest BCUT2D eigenvalue weighted by atomic mass is 16.6. The van der Waals surface area contributed by atoms with Gasteiger partial charge < -0.3 is 14.9 Å². The van der Waals surface area contributed by atoms with Crippen LogP contribution in [0.2, 0.25) is 0 Å². The summed E-state index contributed by atoms with van der Waals surface area (Å²) in [6.45, 7) is 5.98. The van der Waals surface area contributed by atoms with Gasteiger partial charge in [0.1, 0.15) is 5.60 Å². The summed E-state index contributed by atoms with van der Waals surface area (Å²) in [7, 11) is 0. The molecule has 2 N–H and O–H groups in total. The average molecular weight is 266 g/mol. The van der Waals surface area contributed by atoms with E-state index in [0.29, 0.717) is 24.8 Å². The van der Waals surface area contributed by atoms with E-state index in [-0.39, 0.29) is 18.6 Å². The molecule has 0 aromatic heterocycles. The Morgan fingerprint density at radius 2 is 2.32 bits per heavy atom. The van der Waals surface area contributed by atoms with Crippen molar-refractivity contribution in [3.05, 3.63) is 23.8 Å². The lowest BCUT2D eigenvalue weighted by Crippen LogP contribution is -2.23. The van der Waals surface area contributed by atoms with Gasteiger partial charge in [0.2, 0.25) is 0 Å². The van der Waals surface area contributed by atoms with Gasteiger partial charge in [0.15, 0.2) is 0 Å². The lowest BCUT2D eigenvalue weighted by molar-refractivity contribution is -0.132. The van der Waals surface area contributed by atoms with Crippen LogP contribution in [0, 0.1) is 5.92 Å². The molecule has 1 aliphatic carbocycles. The largest absolute Gasteiger partial charge is 0.478 e. The molecule has 3 atom stereocenters. The number of carboxylic acid groups (broad SMARTS) is 1. The van der Waals surface area contributed by atoms with Crippen LogP contribution in [0.3, 0.4) is 0 Å². The van der Waals surface area contributed by atoms with Crippen molar-refractivity contribution in [2.24, 2.45) is 5.92 Å². The molecule has 1 heterocycles. The Hall–Kier alpha value is -1.13. The Bertz CT molecular complexity index is 412. The number of hydrogen-bond donors (Lipinski definition) is 2. The van der Waals surface area contributed by atoms with Crippen LogP contribution in [-0.2, 0) is 9.53 Å². The van der Waals surface area contributed by atoms with Gasteiger partial charge in [-0.3, -0.25) is 0 Å². The summed E-state index contributed by atoms with van der Waals surface area (Å²) in [6, 6.07) is 0. The van der Waals surface area contributed by atoms with E-state index in [9.17, 15) is 15.0 Å². The van der Waals surface area contributed by atoms with Gasteiger partial charge in [0.05, 0.1) is 12.7 Å². The van der Waals surface area contributed by atoms with Gasteiger partial charge in [-0.05, 0) is 44.9 Å². The third-order valence-electron chi connectivity index (χ3n) is 4.39. The summed E-state index contributed by atoms with van der Waals surface area (Å²) in [4.78, 5) is 11.2. The number of aliphatic hydroxyl groups is 1. The van der Waals surface area contributed by atoms with Gasteiger partial charge in [-0.1, -0.05) is 18.2 Å². The third kappa shape index (κ3) is 3.07. The number of carbonyl (C=O) groups is 1. The Kier molecular flexibility index (Phi) is 4.11. The van der Waals surface area contributed by atoms with Crippen LogP contribution in [0.1, 0.15) is 39.0 Å². The van der Waals surface area contributed by atoms with Crippen molar-refractivity contribution < 1.29 is 19.7 Å². The van der Waals surface area contributed by atoms with Crippen LogP contribution >= 0.6 is 0 Å². The fourth-order valence-electron chi connectivity index (χ4n) is 2.86. The second kappa shape index (κ2) is 5.47. The number of fused-ring (bicyclic) bond motifs is 1. The summed E-state index contributed by atoms with van der Waals surface area (Å²) in [5, 5.41) is 18.7. The summed E-state index contributed by atoms with van der Waals surface area (Å²) < 4.78 is 5.64. The molecule has 0 amide bonds. The lowest BCUT2D eigenvalue weighted by Gasteiger charge is -2.19. The number of hydrogen-bond acceptors (Lipinski definition) is 3. The molecule has 2 rings (SSSR count). The fourth-order valence-corrected chi connectivity index (χ4v) is 2.86. The highest BCUT2D eigenvalue weighted by Gasteiger charge is 2.55. The maximum absolute atomic E-state index is 11.2. The minimum atomic E-state index is -0.851. The van der Waals surface area contributed by atoms with Crippen molar-refractivity contribution in [3.63, 3.8) is 0 Å². The Balaban J connectivity index is 2.15.